The summed E-state index contributed by atoms with van der Waals surface area (Å²) in [5.74, 6) is 0.576. The smallest absolute Gasteiger partial charge is 0.229 e. The summed E-state index contributed by atoms with van der Waals surface area (Å²) in [5.41, 5.74) is 0.790. The summed E-state index contributed by atoms with van der Waals surface area (Å²) in [4.78, 5) is 14.6. The third kappa shape index (κ3) is 4.09. The Morgan fingerprint density at radius 1 is 1.18 bits per heavy atom. The lowest BCUT2D eigenvalue weighted by Crippen LogP contribution is -2.37. The lowest BCUT2D eigenvalue weighted by Gasteiger charge is -2.27. The van der Waals surface area contributed by atoms with Gasteiger partial charge in [0.05, 0.1) is 4.90 Å². The van der Waals surface area contributed by atoms with Crippen LogP contribution < -0.4 is 4.90 Å². The molecule has 1 aliphatic rings. The van der Waals surface area contributed by atoms with E-state index in [0.717, 1.165) is 12.2 Å². The zero-order chi connectivity index (χ0) is 16.3. The van der Waals surface area contributed by atoms with Crippen LogP contribution >= 0.6 is 0 Å². The second-order valence-corrected chi connectivity index (χ2v) is 8.54. The molecule has 0 aromatic heterocycles. The molecule has 22 heavy (non-hydrogen) atoms. The zero-order valence-electron chi connectivity index (χ0n) is 13.6. The summed E-state index contributed by atoms with van der Waals surface area (Å²) in [5, 5.41) is 0. The van der Waals surface area contributed by atoms with Crippen molar-refractivity contribution < 1.29 is 13.2 Å². The molecular formula is C17H25NO3S. The number of hydrogen-bond acceptors (Lipinski definition) is 3. The maximum atomic E-state index is 12.5. The van der Waals surface area contributed by atoms with Crippen LogP contribution in [0.1, 0.15) is 39.5 Å². The summed E-state index contributed by atoms with van der Waals surface area (Å²) < 4.78 is 23.1. The molecule has 0 radical (unpaired) electrons. The Morgan fingerprint density at radius 2 is 1.73 bits per heavy atom. The number of hydrogen-bond donors (Lipinski definition) is 0. The van der Waals surface area contributed by atoms with E-state index in [0.29, 0.717) is 5.92 Å². The van der Waals surface area contributed by atoms with E-state index in [1.54, 1.807) is 24.3 Å². The van der Waals surface area contributed by atoms with Gasteiger partial charge in [0.1, 0.15) is 0 Å². The fourth-order valence-electron chi connectivity index (χ4n) is 2.96. The highest BCUT2D eigenvalue weighted by molar-refractivity contribution is 7.90. The maximum Gasteiger partial charge on any atom is 0.229 e. The van der Waals surface area contributed by atoms with Crippen molar-refractivity contribution in [2.24, 2.45) is 11.8 Å². The Bertz CT molecular complexity index is 614. The predicted molar refractivity (Wildman–Crippen MR) is 88.7 cm³/mol. The van der Waals surface area contributed by atoms with Gasteiger partial charge in [0.25, 0.3) is 0 Å². The minimum absolute atomic E-state index is 0.0732. The number of rotatable bonds is 5. The molecule has 1 aliphatic carbocycles. The highest BCUT2D eigenvalue weighted by Crippen LogP contribution is 2.28. The van der Waals surface area contributed by atoms with Crippen molar-refractivity contribution in [3.63, 3.8) is 0 Å². The Balaban J connectivity index is 2.25. The number of anilines is 1. The lowest BCUT2D eigenvalue weighted by molar-refractivity contribution is -0.121. The largest absolute Gasteiger partial charge is 0.312 e. The quantitative estimate of drug-likeness (QED) is 0.835. The SMILES string of the molecule is CC(C)C(=O)N(CC1CCCC1)c1ccc(S(C)(=O)=O)cc1. The molecule has 0 aliphatic heterocycles. The fourth-order valence-corrected chi connectivity index (χ4v) is 3.59. The maximum absolute atomic E-state index is 12.5. The highest BCUT2D eigenvalue weighted by atomic mass is 32.2. The van der Waals surface area contributed by atoms with Gasteiger partial charge < -0.3 is 4.90 Å². The van der Waals surface area contributed by atoms with Crippen molar-refractivity contribution in [1.29, 1.82) is 0 Å². The predicted octanol–water partition coefficient (Wildman–Crippen LogP) is 3.27. The van der Waals surface area contributed by atoms with Crippen LogP contribution in [-0.4, -0.2) is 27.1 Å². The summed E-state index contributed by atoms with van der Waals surface area (Å²) in [7, 11) is -3.21. The summed E-state index contributed by atoms with van der Waals surface area (Å²) in [6.07, 6.45) is 6.01. The van der Waals surface area contributed by atoms with Gasteiger partial charge in [-0.1, -0.05) is 26.7 Å². The molecule has 0 bridgehead atoms. The zero-order valence-corrected chi connectivity index (χ0v) is 14.4. The van der Waals surface area contributed by atoms with E-state index in [1.165, 1.54) is 31.9 Å². The van der Waals surface area contributed by atoms with Crippen LogP contribution in [0, 0.1) is 11.8 Å². The molecule has 1 amide bonds. The van der Waals surface area contributed by atoms with Gasteiger partial charge in [-0.25, -0.2) is 8.42 Å². The average Bonchev–Trinajstić information content (AvgIpc) is 2.96. The standard InChI is InChI=1S/C17H25NO3S/c1-13(2)17(19)18(12-14-6-4-5-7-14)15-8-10-16(11-9-15)22(3,20)21/h8-11,13-14H,4-7,12H2,1-3H3. The third-order valence-corrected chi connectivity index (χ3v) is 5.38. The number of benzene rings is 1. The van der Waals surface area contributed by atoms with Gasteiger partial charge >= 0.3 is 0 Å². The molecule has 1 fully saturated rings. The fraction of sp³-hybridized carbons (Fsp3) is 0.588. The number of amides is 1. The van der Waals surface area contributed by atoms with E-state index < -0.39 is 9.84 Å². The van der Waals surface area contributed by atoms with E-state index >= 15 is 0 Å². The van der Waals surface area contributed by atoms with Gasteiger partial charge in [0.15, 0.2) is 9.84 Å². The van der Waals surface area contributed by atoms with Crippen LogP contribution in [-0.2, 0) is 14.6 Å². The molecule has 1 saturated carbocycles. The van der Waals surface area contributed by atoms with Crippen molar-refractivity contribution in [2.75, 3.05) is 17.7 Å². The van der Waals surface area contributed by atoms with E-state index in [-0.39, 0.29) is 16.7 Å². The number of carbonyl (C=O) groups excluding carboxylic acids is 1. The van der Waals surface area contributed by atoms with Crippen molar-refractivity contribution in [1.82, 2.24) is 0 Å². The minimum atomic E-state index is -3.21. The van der Waals surface area contributed by atoms with Gasteiger partial charge in [-0.05, 0) is 43.0 Å². The van der Waals surface area contributed by atoms with Crippen molar-refractivity contribution in [2.45, 2.75) is 44.4 Å². The minimum Gasteiger partial charge on any atom is -0.312 e. The molecule has 0 spiro atoms. The Kier molecular flexibility index (Phi) is 5.27. The summed E-state index contributed by atoms with van der Waals surface area (Å²) in [6, 6.07) is 6.65. The van der Waals surface area contributed by atoms with E-state index in [2.05, 4.69) is 0 Å². The molecule has 0 atom stereocenters. The normalized spacial score (nSPS) is 16.2. The second-order valence-electron chi connectivity index (χ2n) is 6.52. The van der Waals surface area contributed by atoms with Crippen LogP contribution in [0.15, 0.2) is 29.2 Å². The number of sulfone groups is 1. The van der Waals surface area contributed by atoms with E-state index in [1.807, 2.05) is 18.7 Å². The first kappa shape index (κ1) is 17.0. The molecule has 0 unspecified atom stereocenters. The van der Waals surface area contributed by atoms with Gasteiger partial charge in [-0.2, -0.15) is 0 Å². The Labute approximate surface area is 133 Å². The summed E-state index contributed by atoms with van der Waals surface area (Å²) in [6.45, 7) is 4.53. The highest BCUT2D eigenvalue weighted by Gasteiger charge is 2.25. The van der Waals surface area contributed by atoms with Gasteiger partial charge in [0, 0.05) is 24.4 Å². The molecule has 0 N–H and O–H groups in total. The first-order chi connectivity index (χ1) is 10.3. The number of carbonyl (C=O) groups is 1. The van der Waals surface area contributed by atoms with Crippen molar-refractivity contribution in [3.8, 4) is 0 Å². The van der Waals surface area contributed by atoms with Crippen LogP contribution in [0.5, 0.6) is 0 Å². The monoisotopic (exact) mass is 323 g/mol. The molecular weight excluding hydrogens is 298 g/mol. The molecule has 2 rings (SSSR count). The van der Waals surface area contributed by atoms with Gasteiger partial charge in [-0.3, -0.25) is 4.79 Å². The first-order valence-corrected chi connectivity index (χ1v) is 9.79. The molecule has 122 valence electrons. The van der Waals surface area contributed by atoms with Crippen molar-refractivity contribution in [3.05, 3.63) is 24.3 Å². The molecule has 5 heteroatoms. The van der Waals surface area contributed by atoms with Crippen LogP contribution in [0.2, 0.25) is 0 Å². The topological polar surface area (TPSA) is 54.5 Å². The Morgan fingerprint density at radius 3 is 2.18 bits per heavy atom. The van der Waals surface area contributed by atoms with Gasteiger partial charge in [-0.15, -0.1) is 0 Å². The van der Waals surface area contributed by atoms with E-state index in [4.69, 9.17) is 0 Å². The average molecular weight is 323 g/mol. The van der Waals surface area contributed by atoms with Crippen LogP contribution in [0.3, 0.4) is 0 Å². The molecule has 4 nitrogen and oxygen atoms in total. The Hall–Kier alpha value is -1.36. The van der Waals surface area contributed by atoms with Gasteiger partial charge in [0.2, 0.25) is 5.91 Å². The molecule has 1 aromatic rings. The van der Waals surface area contributed by atoms with E-state index in [9.17, 15) is 13.2 Å². The third-order valence-electron chi connectivity index (χ3n) is 4.25. The molecule has 0 heterocycles. The first-order valence-electron chi connectivity index (χ1n) is 7.90. The van der Waals surface area contributed by atoms with Crippen LogP contribution in [0.25, 0.3) is 0 Å². The number of nitrogens with zero attached hydrogens (tertiary/aromatic N) is 1. The molecule has 0 saturated heterocycles. The second kappa shape index (κ2) is 6.82. The summed E-state index contributed by atoms with van der Waals surface area (Å²) >= 11 is 0. The lowest BCUT2D eigenvalue weighted by atomic mass is 10.1. The molecule has 1 aromatic carbocycles. The van der Waals surface area contributed by atoms with Crippen molar-refractivity contribution >= 4 is 21.4 Å². The van der Waals surface area contributed by atoms with Crippen LogP contribution in [0.4, 0.5) is 5.69 Å².